The van der Waals surface area contributed by atoms with Gasteiger partial charge in [-0.15, -0.1) is 0 Å². The van der Waals surface area contributed by atoms with Crippen molar-refractivity contribution in [3.8, 4) is 0 Å². The second-order valence-electron chi connectivity index (χ2n) is 8.30. The Morgan fingerprint density at radius 1 is 0.529 bits per heavy atom. The first kappa shape index (κ1) is 15.0. The summed E-state index contributed by atoms with van der Waals surface area (Å²) in [6.45, 7) is 22.3. The molecule has 102 valence electrons. The average Bonchev–Trinajstić information content (AvgIpc) is 2.13. The lowest BCUT2D eigenvalue weighted by Gasteiger charge is -2.72. The largest absolute Gasteiger partial charge is 0.313 e. The maximum Gasteiger partial charge on any atom is 0.0466 e. The zero-order chi connectivity index (χ0) is 14.1. The van der Waals surface area contributed by atoms with Crippen molar-refractivity contribution in [2.75, 3.05) is 0 Å². The molecule has 0 radical (unpaired) electrons. The molecule has 0 aromatic carbocycles. The molecular formula is C15H31NO. The van der Waals surface area contributed by atoms with Crippen LogP contribution in [0.3, 0.4) is 0 Å². The predicted octanol–water partition coefficient (Wildman–Crippen LogP) is 4.33. The lowest BCUT2D eigenvalue weighted by atomic mass is 9.42. The number of nitrogens with zero attached hydrogens (tertiary/aromatic N) is 1. The summed E-state index contributed by atoms with van der Waals surface area (Å²) in [6, 6.07) is 0. The molecule has 1 rings (SSSR count). The molecule has 2 nitrogen and oxygen atoms in total. The summed E-state index contributed by atoms with van der Waals surface area (Å²) in [6.07, 6.45) is 0. The van der Waals surface area contributed by atoms with Gasteiger partial charge in [-0.05, 0) is 43.9 Å². The van der Waals surface area contributed by atoms with E-state index >= 15 is 0 Å². The third kappa shape index (κ3) is 1.34. The molecule has 1 heterocycles. The Morgan fingerprint density at radius 3 is 1.00 bits per heavy atom. The summed E-state index contributed by atoms with van der Waals surface area (Å²) < 4.78 is 0. The van der Waals surface area contributed by atoms with Gasteiger partial charge in [-0.2, -0.15) is 5.06 Å². The Morgan fingerprint density at radius 2 is 0.765 bits per heavy atom. The van der Waals surface area contributed by atoms with Gasteiger partial charge in [0, 0.05) is 11.1 Å². The van der Waals surface area contributed by atoms with Crippen LogP contribution in [0.25, 0.3) is 0 Å². The molecule has 17 heavy (non-hydrogen) atoms. The topological polar surface area (TPSA) is 23.5 Å². The van der Waals surface area contributed by atoms with E-state index in [0.29, 0.717) is 0 Å². The first-order valence-electron chi connectivity index (χ1n) is 6.65. The molecule has 0 amide bonds. The lowest BCUT2D eigenvalue weighted by molar-refractivity contribution is -0.350. The minimum Gasteiger partial charge on any atom is -0.313 e. The molecule has 1 N–H and O–H groups in total. The molecular weight excluding hydrogens is 210 g/mol. The summed E-state index contributed by atoms with van der Waals surface area (Å²) >= 11 is 0. The number of rotatable bonds is 0. The first-order chi connectivity index (χ1) is 7.15. The molecule has 2 heteroatoms. The average molecular weight is 241 g/mol. The standard InChI is InChI=1S/C15H31NO/c1-11(2)12(3,4)14(7,8)16(17)15(9,10)13(11,5)6/h17H,1-10H3. The fraction of sp³-hybridized carbons (Fsp3) is 1.00. The van der Waals surface area contributed by atoms with E-state index in [2.05, 4.69) is 69.2 Å². The van der Waals surface area contributed by atoms with Crippen molar-refractivity contribution in [3.05, 3.63) is 0 Å². The summed E-state index contributed by atoms with van der Waals surface area (Å²) in [5.41, 5.74) is -0.376. The molecule has 1 fully saturated rings. The van der Waals surface area contributed by atoms with Crippen molar-refractivity contribution in [2.45, 2.75) is 80.3 Å². The van der Waals surface area contributed by atoms with E-state index in [1.807, 2.05) is 0 Å². The van der Waals surface area contributed by atoms with Gasteiger partial charge in [-0.1, -0.05) is 41.5 Å². The van der Waals surface area contributed by atoms with Crippen molar-refractivity contribution in [2.24, 2.45) is 16.2 Å². The molecule has 0 spiro atoms. The van der Waals surface area contributed by atoms with Crippen LogP contribution in [0.4, 0.5) is 0 Å². The molecule has 0 bridgehead atoms. The predicted molar refractivity (Wildman–Crippen MR) is 73.1 cm³/mol. The van der Waals surface area contributed by atoms with Gasteiger partial charge in [0.25, 0.3) is 0 Å². The minimum absolute atomic E-state index is 0.00771. The van der Waals surface area contributed by atoms with Crippen LogP contribution in [0.2, 0.25) is 0 Å². The van der Waals surface area contributed by atoms with Crippen molar-refractivity contribution in [1.29, 1.82) is 0 Å². The highest BCUT2D eigenvalue weighted by atomic mass is 16.5. The van der Waals surface area contributed by atoms with Crippen LogP contribution in [0.15, 0.2) is 0 Å². The van der Waals surface area contributed by atoms with Crippen LogP contribution in [-0.2, 0) is 0 Å². The highest BCUT2D eigenvalue weighted by molar-refractivity contribution is 5.17. The number of hydrogen-bond donors (Lipinski definition) is 1. The molecule has 1 aliphatic heterocycles. The van der Waals surface area contributed by atoms with Gasteiger partial charge in [0.1, 0.15) is 0 Å². The van der Waals surface area contributed by atoms with Gasteiger partial charge in [-0.3, -0.25) is 0 Å². The number of hydroxylamine groups is 2. The van der Waals surface area contributed by atoms with E-state index < -0.39 is 0 Å². The van der Waals surface area contributed by atoms with Gasteiger partial charge in [0.2, 0.25) is 0 Å². The van der Waals surface area contributed by atoms with Crippen LogP contribution < -0.4 is 0 Å². The molecule has 1 saturated heterocycles. The number of hydrogen-bond acceptors (Lipinski definition) is 2. The van der Waals surface area contributed by atoms with Gasteiger partial charge < -0.3 is 5.21 Å². The van der Waals surface area contributed by atoms with Crippen molar-refractivity contribution in [1.82, 2.24) is 5.06 Å². The lowest BCUT2D eigenvalue weighted by Crippen LogP contribution is -2.76. The maximum absolute atomic E-state index is 10.7. The van der Waals surface area contributed by atoms with Crippen molar-refractivity contribution in [3.63, 3.8) is 0 Å². The van der Waals surface area contributed by atoms with Gasteiger partial charge in [-0.25, -0.2) is 0 Å². The van der Waals surface area contributed by atoms with Crippen molar-refractivity contribution < 1.29 is 5.21 Å². The monoisotopic (exact) mass is 241 g/mol. The Kier molecular flexibility index (Phi) is 2.88. The van der Waals surface area contributed by atoms with Crippen molar-refractivity contribution >= 4 is 0 Å². The van der Waals surface area contributed by atoms with E-state index in [0.717, 1.165) is 0 Å². The van der Waals surface area contributed by atoms with Crippen LogP contribution in [0.5, 0.6) is 0 Å². The Labute approximate surface area is 107 Å². The fourth-order valence-electron chi connectivity index (χ4n) is 3.54. The second kappa shape index (κ2) is 3.27. The SMILES string of the molecule is CC1(C)N(O)C(C)(C)C(C)(C)C(C)(C)C1(C)C. The Balaban J connectivity index is 3.56. The van der Waals surface area contributed by atoms with E-state index in [4.69, 9.17) is 0 Å². The molecule has 0 saturated carbocycles. The molecule has 0 unspecified atom stereocenters. The van der Waals surface area contributed by atoms with E-state index in [1.165, 1.54) is 0 Å². The zero-order valence-corrected chi connectivity index (χ0v) is 13.4. The van der Waals surface area contributed by atoms with Gasteiger partial charge in [0.05, 0.1) is 0 Å². The summed E-state index contributed by atoms with van der Waals surface area (Å²) in [4.78, 5) is 0. The van der Waals surface area contributed by atoms with Gasteiger partial charge in [0.15, 0.2) is 0 Å². The highest BCUT2D eigenvalue weighted by Crippen LogP contribution is 2.66. The summed E-state index contributed by atoms with van der Waals surface area (Å²) in [7, 11) is 0. The van der Waals surface area contributed by atoms with Gasteiger partial charge >= 0.3 is 0 Å². The first-order valence-corrected chi connectivity index (χ1v) is 6.65. The van der Waals surface area contributed by atoms with Crippen LogP contribution >= 0.6 is 0 Å². The maximum atomic E-state index is 10.7. The quantitative estimate of drug-likeness (QED) is 0.682. The summed E-state index contributed by atoms with van der Waals surface area (Å²) in [5, 5.41) is 12.3. The van der Waals surface area contributed by atoms with E-state index in [9.17, 15) is 5.21 Å². The second-order valence-corrected chi connectivity index (χ2v) is 8.30. The summed E-state index contributed by atoms with van der Waals surface area (Å²) in [5.74, 6) is 0. The highest BCUT2D eigenvalue weighted by Gasteiger charge is 2.68. The van der Waals surface area contributed by atoms with E-state index in [-0.39, 0.29) is 27.3 Å². The fourth-order valence-corrected chi connectivity index (χ4v) is 3.54. The van der Waals surface area contributed by atoms with E-state index in [1.54, 1.807) is 5.06 Å². The minimum atomic E-state index is -0.254. The smallest absolute Gasteiger partial charge is 0.0466 e. The molecule has 0 aromatic rings. The number of piperidine rings is 1. The van der Waals surface area contributed by atoms with Crippen LogP contribution in [0.1, 0.15) is 69.2 Å². The van der Waals surface area contributed by atoms with Crippen LogP contribution in [0, 0.1) is 16.2 Å². The van der Waals surface area contributed by atoms with Crippen LogP contribution in [-0.4, -0.2) is 21.3 Å². The molecule has 0 aromatic heterocycles. The molecule has 1 aliphatic rings. The third-order valence-electron chi connectivity index (χ3n) is 7.24. The Bertz CT molecular complexity index is 294. The normalized spacial score (nSPS) is 33.4. The third-order valence-corrected chi connectivity index (χ3v) is 7.24. The molecule has 0 aliphatic carbocycles. The zero-order valence-electron chi connectivity index (χ0n) is 13.4. The Hall–Kier alpha value is -0.0800. The molecule has 0 atom stereocenters.